The van der Waals surface area contributed by atoms with E-state index in [1.54, 1.807) is 0 Å². The van der Waals surface area contributed by atoms with E-state index in [2.05, 4.69) is 21.6 Å². The van der Waals surface area contributed by atoms with Gasteiger partial charge in [-0.3, -0.25) is 19.2 Å². The van der Waals surface area contributed by atoms with Crippen LogP contribution in [0.5, 0.6) is 5.75 Å². The van der Waals surface area contributed by atoms with Crippen molar-refractivity contribution in [2.24, 2.45) is 16.6 Å². The third-order valence-electron chi connectivity index (χ3n) is 10.7. The first-order valence-electron chi connectivity index (χ1n) is 25.2. The van der Waals surface area contributed by atoms with E-state index in [-0.39, 0.29) is 56.6 Å². The van der Waals surface area contributed by atoms with E-state index in [0.717, 1.165) is 29.0 Å². The van der Waals surface area contributed by atoms with Crippen molar-refractivity contribution in [1.29, 1.82) is 0 Å². The maximum atomic E-state index is 13.6. The number of likely N-dealkylation sites (tertiary alicyclic amines) is 1. The van der Waals surface area contributed by atoms with E-state index >= 15 is 0 Å². The minimum atomic E-state index is -1.80. The van der Waals surface area contributed by atoms with Crippen molar-refractivity contribution in [3.63, 3.8) is 0 Å². The molecule has 1 saturated heterocycles. The number of hydrogen-bond donors (Lipinski definition) is 1. The van der Waals surface area contributed by atoms with Crippen molar-refractivity contribution >= 4 is 46.7 Å². The molecule has 0 aliphatic carbocycles. The number of nitrogens with two attached hydrogens (primary N) is 1. The van der Waals surface area contributed by atoms with Gasteiger partial charge in [-0.2, -0.15) is 8.78 Å². The van der Waals surface area contributed by atoms with Crippen LogP contribution in [0.15, 0.2) is 22.7 Å². The van der Waals surface area contributed by atoms with Gasteiger partial charge in [0.05, 0.1) is 167 Å². The Balaban J connectivity index is 0.844. The van der Waals surface area contributed by atoms with Gasteiger partial charge in [0.25, 0.3) is 5.91 Å². The number of benzene rings is 1. The fourth-order valence-electron chi connectivity index (χ4n) is 6.93. The number of amides is 2. The molecule has 0 saturated carbocycles. The van der Waals surface area contributed by atoms with Crippen LogP contribution in [-0.4, -0.2) is 192 Å². The molecule has 0 spiro atoms. The largest absolute Gasteiger partial charge is 0.420 e. The van der Waals surface area contributed by atoms with Gasteiger partial charge >= 0.3 is 5.97 Å². The van der Waals surface area contributed by atoms with Gasteiger partial charge in [-0.25, -0.2) is 18.8 Å². The first-order valence-corrected chi connectivity index (χ1v) is 26.0. The molecule has 3 heterocycles. The predicted octanol–water partition coefficient (Wildman–Crippen LogP) is 5.41. The number of fused-ring (bicyclic) bond motifs is 1. The monoisotopic (exact) mass is 1090 g/mol. The van der Waals surface area contributed by atoms with E-state index in [1.807, 2.05) is 30.9 Å². The second kappa shape index (κ2) is 38.0. The Hall–Kier alpha value is -4.62. The first kappa shape index (κ1) is 62.9. The number of ether oxygens (including phenoxy) is 11. The Labute approximate surface area is 440 Å². The molecule has 75 heavy (non-hydrogen) atoms. The molecule has 0 atom stereocenters. The molecule has 1 fully saturated rings. The summed E-state index contributed by atoms with van der Waals surface area (Å²) in [6, 6.07) is 1.93. The summed E-state index contributed by atoms with van der Waals surface area (Å²) in [5, 5.41) is 1.39. The lowest BCUT2D eigenvalue weighted by atomic mass is 9.97. The molecule has 2 aliphatic heterocycles. The van der Waals surface area contributed by atoms with Crippen LogP contribution in [0.2, 0.25) is 0 Å². The van der Waals surface area contributed by atoms with Gasteiger partial charge in [-0.05, 0) is 38.3 Å². The molecule has 2 N–H and O–H groups in total. The van der Waals surface area contributed by atoms with E-state index < -0.39 is 41.4 Å². The number of carbonyl (C=O) groups excluding carboxylic acids is 3. The van der Waals surface area contributed by atoms with Gasteiger partial charge in [-0.1, -0.05) is 18.8 Å². The molecule has 1 aromatic heterocycles. The highest BCUT2D eigenvalue weighted by atomic mass is 32.1. The van der Waals surface area contributed by atoms with Crippen molar-refractivity contribution in [1.82, 2.24) is 9.96 Å². The van der Waals surface area contributed by atoms with Crippen LogP contribution in [0.25, 0.3) is 6.08 Å². The molecule has 2 aliphatic rings. The van der Waals surface area contributed by atoms with Gasteiger partial charge in [0.1, 0.15) is 5.84 Å². The summed E-state index contributed by atoms with van der Waals surface area (Å²) in [4.78, 5) is 51.4. The number of halogens is 4. The molecule has 24 heteroatoms. The summed E-state index contributed by atoms with van der Waals surface area (Å²) in [5.41, 5.74) is 7.43. The lowest BCUT2D eigenvalue weighted by Gasteiger charge is -2.29. The lowest BCUT2D eigenvalue weighted by Crippen LogP contribution is -2.38. The first-order chi connectivity index (χ1) is 36.5. The van der Waals surface area contributed by atoms with Crippen LogP contribution in [0.4, 0.5) is 23.2 Å². The minimum absolute atomic E-state index is 0.0154. The molecule has 4 rings (SSSR count). The zero-order valence-corrected chi connectivity index (χ0v) is 43.8. The van der Waals surface area contributed by atoms with E-state index in [1.165, 1.54) is 16.4 Å². The van der Waals surface area contributed by atoms with Crippen LogP contribution in [0.1, 0.15) is 62.1 Å². The molecule has 420 valence electrons. The van der Waals surface area contributed by atoms with E-state index in [4.69, 9.17) is 57.9 Å². The lowest BCUT2D eigenvalue weighted by molar-refractivity contribution is -0.180. The Kier molecular flexibility index (Phi) is 31.9. The standard InChI is InChI=1S/C51H72F4N4O15S/c1-3-11-59(73-4-2)51(62)39-34-44-43(57-45(56)35-39)36-40(75-44)6-5-38-7-12-58(13-8-38)46(60)9-14-63-16-18-65-20-22-67-24-26-69-28-30-71-32-33-72-31-29-70-27-25-68-23-21-66-19-17-64-15-10-47(61)74-50-48(54)41(52)37-42(53)49(50)55/h34,36-38H,3-4,7-33,35H2,1-2H3,(H2,56,57). The Morgan fingerprint density at radius 1 is 0.680 bits per heavy atom. The molecular weight excluding hydrogens is 1020 g/mol. The van der Waals surface area contributed by atoms with Crippen LogP contribution in [-0.2, 0) is 66.6 Å². The van der Waals surface area contributed by atoms with Crippen LogP contribution >= 0.6 is 11.3 Å². The van der Waals surface area contributed by atoms with Crippen molar-refractivity contribution in [2.45, 2.75) is 52.4 Å². The third-order valence-corrected chi connectivity index (χ3v) is 11.7. The maximum Gasteiger partial charge on any atom is 0.313 e. The van der Waals surface area contributed by atoms with Gasteiger partial charge in [-0.15, -0.1) is 11.3 Å². The highest BCUT2D eigenvalue weighted by Crippen LogP contribution is 2.35. The zero-order chi connectivity index (χ0) is 53.9. The summed E-state index contributed by atoms with van der Waals surface area (Å²) in [7, 11) is 0. The van der Waals surface area contributed by atoms with Crippen molar-refractivity contribution < 1.29 is 88.9 Å². The molecule has 0 unspecified atom stereocenters. The van der Waals surface area contributed by atoms with E-state index in [9.17, 15) is 31.9 Å². The van der Waals surface area contributed by atoms with Gasteiger partial charge in [0, 0.05) is 43.6 Å². The molecular formula is C51H72F4N4O15S. The molecule has 19 nitrogen and oxygen atoms in total. The second-order valence-corrected chi connectivity index (χ2v) is 17.5. The Morgan fingerprint density at radius 2 is 1.13 bits per heavy atom. The summed E-state index contributed by atoms with van der Waals surface area (Å²) < 4.78 is 113. The van der Waals surface area contributed by atoms with Crippen LogP contribution in [0, 0.1) is 41.0 Å². The molecule has 2 aromatic rings. The minimum Gasteiger partial charge on any atom is -0.420 e. The van der Waals surface area contributed by atoms with Gasteiger partial charge in [0.2, 0.25) is 23.3 Å². The maximum absolute atomic E-state index is 13.6. The van der Waals surface area contributed by atoms with Crippen molar-refractivity contribution in [3.05, 3.63) is 50.7 Å². The van der Waals surface area contributed by atoms with Crippen LogP contribution in [0.3, 0.4) is 0 Å². The number of carbonyl (C=O) groups is 3. The smallest absolute Gasteiger partial charge is 0.313 e. The van der Waals surface area contributed by atoms with Gasteiger partial charge in [0.15, 0.2) is 11.6 Å². The summed E-state index contributed by atoms with van der Waals surface area (Å²) >= 11 is 1.48. The number of hydroxylamine groups is 2. The number of thiophene rings is 1. The highest BCUT2D eigenvalue weighted by Gasteiger charge is 2.25. The number of aliphatic imine (C=N–C) groups is 1. The van der Waals surface area contributed by atoms with Crippen LogP contribution < -0.4 is 10.5 Å². The number of nitrogens with zero attached hydrogens (tertiary/aromatic N) is 3. The van der Waals surface area contributed by atoms with E-state index in [0.29, 0.717) is 155 Å². The molecule has 1 aromatic carbocycles. The number of rotatable bonds is 39. The highest BCUT2D eigenvalue weighted by molar-refractivity contribution is 7.14. The predicted molar refractivity (Wildman–Crippen MR) is 267 cm³/mol. The zero-order valence-electron chi connectivity index (χ0n) is 43.0. The Morgan fingerprint density at radius 3 is 1.59 bits per heavy atom. The Bertz CT molecular complexity index is 2100. The molecule has 0 radical (unpaired) electrons. The average molecular weight is 1090 g/mol. The fourth-order valence-corrected chi connectivity index (χ4v) is 7.86. The second-order valence-electron chi connectivity index (χ2n) is 16.5. The van der Waals surface area contributed by atoms with Gasteiger partial charge < -0.3 is 62.7 Å². The third kappa shape index (κ3) is 25.4. The normalized spacial score (nSPS) is 13.7. The average Bonchev–Trinajstić information content (AvgIpc) is 3.70. The number of amidine groups is 1. The van der Waals surface area contributed by atoms with Crippen molar-refractivity contribution in [2.75, 3.05) is 158 Å². The number of esters is 1. The summed E-state index contributed by atoms with van der Waals surface area (Å²) in [5.74, 6) is -2.45. The fraction of sp³-hybridized carbons (Fsp3) is 0.647. The number of hydrogen-bond acceptors (Lipinski definition) is 18. The number of piperidine rings is 1. The van der Waals surface area contributed by atoms with Crippen molar-refractivity contribution in [3.8, 4) is 17.6 Å². The topological polar surface area (TPSA) is 207 Å². The SMILES string of the molecule is CCCN(OCC)C(=O)C1=Cc2sc(C#CC3CCN(C(=O)CCOCCOCCOCCOCCOCCOCCOCCOCCOCCOCCC(=O)Oc4c(F)c(F)cc(F)c4F)CC3)cc2N=C(N)C1. The molecule has 2 amide bonds. The molecule has 0 bridgehead atoms. The summed E-state index contributed by atoms with van der Waals surface area (Å²) in [6.45, 7) is 12.8. The summed E-state index contributed by atoms with van der Waals surface area (Å²) in [6.07, 6.45) is 4.36. The quantitative estimate of drug-likeness (QED) is 0.0169.